The molecule has 1 aromatic heterocycles. The normalized spacial score (nSPS) is 29.1. The van der Waals surface area contributed by atoms with E-state index in [1.54, 1.807) is 4.68 Å². The molecular formula is C9H15N3O. The molecule has 0 radical (unpaired) electrons. The van der Waals surface area contributed by atoms with E-state index in [-0.39, 0.29) is 6.10 Å². The smallest absolute Gasteiger partial charge is 0.0983 e. The van der Waals surface area contributed by atoms with Crippen molar-refractivity contribution in [2.75, 3.05) is 13.1 Å². The predicted octanol–water partition coefficient (Wildman–Crippen LogP) is 0.469. The number of rotatable bonds is 1. The molecule has 1 N–H and O–H groups in total. The largest absolute Gasteiger partial charge is 0.368 e. The molecule has 13 heavy (non-hydrogen) atoms. The summed E-state index contributed by atoms with van der Waals surface area (Å²) in [4.78, 5) is 0. The van der Waals surface area contributed by atoms with E-state index in [2.05, 4.69) is 17.3 Å². The highest BCUT2D eigenvalue weighted by Gasteiger charge is 2.20. The zero-order valence-electron chi connectivity index (χ0n) is 8.03. The van der Waals surface area contributed by atoms with Crippen LogP contribution in [0.25, 0.3) is 0 Å². The molecule has 1 saturated heterocycles. The van der Waals surface area contributed by atoms with E-state index in [1.165, 1.54) is 0 Å². The van der Waals surface area contributed by atoms with Crippen molar-refractivity contribution >= 4 is 0 Å². The van der Waals surface area contributed by atoms with Gasteiger partial charge >= 0.3 is 0 Å². The van der Waals surface area contributed by atoms with Crippen LogP contribution in [0.15, 0.2) is 12.4 Å². The number of hydrogen-bond donors (Lipinski definition) is 1. The van der Waals surface area contributed by atoms with Gasteiger partial charge < -0.3 is 10.1 Å². The summed E-state index contributed by atoms with van der Waals surface area (Å²) in [7, 11) is 1.92. The lowest BCUT2D eigenvalue weighted by atomic mass is 10.1. The molecule has 4 nitrogen and oxygen atoms in total. The second kappa shape index (κ2) is 3.47. The molecule has 0 bridgehead atoms. The third-order valence-electron chi connectivity index (χ3n) is 2.25. The third kappa shape index (κ3) is 1.89. The van der Waals surface area contributed by atoms with Crippen LogP contribution in [0.2, 0.25) is 0 Å². The maximum absolute atomic E-state index is 5.77. The first-order valence-electron chi connectivity index (χ1n) is 4.60. The first-order chi connectivity index (χ1) is 6.25. The zero-order chi connectivity index (χ0) is 9.26. The van der Waals surface area contributed by atoms with Crippen LogP contribution in [-0.4, -0.2) is 29.0 Å². The molecular weight excluding hydrogens is 166 g/mol. The fourth-order valence-corrected chi connectivity index (χ4v) is 1.60. The van der Waals surface area contributed by atoms with E-state index >= 15 is 0 Å². The van der Waals surface area contributed by atoms with Crippen molar-refractivity contribution in [2.45, 2.75) is 19.1 Å². The second-order valence-electron chi connectivity index (χ2n) is 3.54. The number of nitrogens with zero attached hydrogens (tertiary/aromatic N) is 2. The summed E-state index contributed by atoms with van der Waals surface area (Å²) >= 11 is 0. The molecule has 1 aliphatic heterocycles. The van der Waals surface area contributed by atoms with Gasteiger partial charge in [-0.3, -0.25) is 4.68 Å². The maximum atomic E-state index is 5.77. The molecule has 2 rings (SSSR count). The topological polar surface area (TPSA) is 39.1 Å². The maximum Gasteiger partial charge on any atom is 0.0983 e. The molecule has 72 valence electrons. The fraction of sp³-hybridized carbons (Fsp3) is 0.667. The average Bonchev–Trinajstić information content (AvgIpc) is 2.52. The third-order valence-corrected chi connectivity index (χ3v) is 2.25. The molecule has 4 heteroatoms. The first-order valence-corrected chi connectivity index (χ1v) is 4.60. The highest BCUT2D eigenvalue weighted by molar-refractivity contribution is 5.09. The minimum atomic E-state index is 0.164. The SMILES string of the molecule is C[C@H]1CNCC(c2cnn(C)c2)O1. The molecule has 1 aromatic rings. The minimum Gasteiger partial charge on any atom is -0.368 e. The van der Waals surface area contributed by atoms with E-state index in [0.717, 1.165) is 18.7 Å². The molecule has 1 fully saturated rings. The fourth-order valence-electron chi connectivity index (χ4n) is 1.60. The summed E-state index contributed by atoms with van der Waals surface area (Å²) in [6, 6.07) is 0. The van der Waals surface area contributed by atoms with Crippen molar-refractivity contribution in [2.24, 2.45) is 7.05 Å². The number of hydrogen-bond acceptors (Lipinski definition) is 3. The Labute approximate surface area is 77.9 Å². The Morgan fingerprint density at radius 1 is 1.62 bits per heavy atom. The minimum absolute atomic E-state index is 0.164. The Kier molecular flexibility index (Phi) is 2.33. The standard InChI is InChI=1S/C9H15N3O/c1-7-3-10-5-9(13-7)8-4-11-12(2)6-8/h4,6-7,9-10H,3,5H2,1-2H3/t7-,9?/m0/s1. The lowest BCUT2D eigenvalue weighted by molar-refractivity contribution is -0.0287. The van der Waals surface area contributed by atoms with Gasteiger partial charge in [0.15, 0.2) is 0 Å². The van der Waals surface area contributed by atoms with Crippen molar-refractivity contribution in [3.05, 3.63) is 18.0 Å². The van der Waals surface area contributed by atoms with Gasteiger partial charge in [0.25, 0.3) is 0 Å². The molecule has 0 amide bonds. The molecule has 0 spiro atoms. The number of nitrogens with one attached hydrogen (secondary N) is 1. The van der Waals surface area contributed by atoms with Crippen molar-refractivity contribution < 1.29 is 4.74 Å². The van der Waals surface area contributed by atoms with Crippen molar-refractivity contribution in [1.29, 1.82) is 0 Å². The van der Waals surface area contributed by atoms with Gasteiger partial charge in [-0.05, 0) is 6.92 Å². The predicted molar refractivity (Wildman–Crippen MR) is 49.4 cm³/mol. The molecule has 0 saturated carbocycles. The van der Waals surface area contributed by atoms with Crippen LogP contribution in [0.3, 0.4) is 0 Å². The quantitative estimate of drug-likeness (QED) is 0.684. The highest BCUT2D eigenvalue weighted by atomic mass is 16.5. The summed E-state index contributed by atoms with van der Waals surface area (Å²) in [5, 5.41) is 7.46. The van der Waals surface area contributed by atoms with Crippen molar-refractivity contribution in [3.63, 3.8) is 0 Å². The van der Waals surface area contributed by atoms with E-state index < -0.39 is 0 Å². The monoisotopic (exact) mass is 181 g/mol. The van der Waals surface area contributed by atoms with E-state index in [9.17, 15) is 0 Å². The number of morpholine rings is 1. The second-order valence-corrected chi connectivity index (χ2v) is 3.54. The molecule has 1 unspecified atom stereocenters. The number of ether oxygens (including phenoxy) is 1. The summed E-state index contributed by atoms with van der Waals surface area (Å²) in [5.74, 6) is 0. The lowest BCUT2D eigenvalue weighted by Gasteiger charge is -2.27. The van der Waals surface area contributed by atoms with Gasteiger partial charge in [-0.25, -0.2) is 0 Å². The lowest BCUT2D eigenvalue weighted by Crippen LogP contribution is -2.38. The van der Waals surface area contributed by atoms with Gasteiger partial charge in [0, 0.05) is 31.9 Å². The Balaban J connectivity index is 2.08. The Morgan fingerprint density at radius 2 is 2.46 bits per heavy atom. The van der Waals surface area contributed by atoms with Crippen LogP contribution in [-0.2, 0) is 11.8 Å². The molecule has 1 aliphatic rings. The average molecular weight is 181 g/mol. The summed E-state index contributed by atoms with van der Waals surface area (Å²) in [6.07, 6.45) is 4.32. The van der Waals surface area contributed by atoms with Crippen LogP contribution >= 0.6 is 0 Å². The Hall–Kier alpha value is -0.870. The molecule has 2 atom stereocenters. The summed E-state index contributed by atoms with van der Waals surface area (Å²) < 4.78 is 7.57. The number of aromatic nitrogens is 2. The molecule has 0 aliphatic carbocycles. The van der Waals surface area contributed by atoms with Crippen molar-refractivity contribution in [1.82, 2.24) is 15.1 Å². The van der Waals surface area contributed by atoms with Gasteiger partial charge in [-0.2, -0.15) is 5.10 Å². The molecule has 0 aromatic carbocycles. The van der Waals surface area contributed by atoms with Gasteiger partial charge in [0.1, 0.15) is 0 Å². The Bertz CT molecular complexity index is 284. The van der Waals surface area contributed by atoms with E-state index in [1.807, 2.05) is 19.4 Å². The van der Waals surface area contributed by atoms with Gasteiger partial charge in [0.2, 0.25) is 0 Å². The van der Waals surface area contributed by atoms with Gasteiger partial charge in [0.05, 0.1) is 18.4 Å². The summed E-state index contributed by atoms with van der Waals surface area (Å²) in [6.45, 7) is 3.91. The van der Waals surface area contributed by atoms with E-state index in [4.69, 9.17) is 4.74 Å². The molecule has 2 heterocycles. The van der Waals surface area contributed by atoms with Crippen LogP contribution in [0.1, 0.15) is 18.6 Å². The summed E-state index contributed by atoms with van der Waals surface area (Å²) in [5.41, 5.74) is 1.15. The van der Waals surface area contributed by atoms with E-state index in [0.29, 0.717) is 6.10 Å². The Morgan fingerprint density at radius 3 is 3.08 bits per heavy atom. The van der Waals surface area contributed by atoms with Crippen LogP contribution in [0.5, 0.6) is 0 Å². The van der Waals surface area contributed by atoms with Crippen LogP contribution in [0.4, 0.5) is 0 Å². The van der Waals surface area contributed by atoms with Crippen LogP contribution in [0, 0.1) is 0 Å². The first kappa shape index (κ1) is 8.72. The van der Waals surface area contributed by atoms with Crippen molar-refractivity contribution in [3.8, 4) is 0 Å². The zero-order valence-corrected chi connectivity index (χ0v) is 8.03. The van der Waals surface area contributed by atoms with Gasteiger partial charge in [-0.15, -0.1) is 0 Å². The van der Waals surface area contributed by atoms with Crippen LogP contribution < -0.4 is 5.32 Å². The van der Waals surface area contributed by atoms with Gasteiger partial charge in [-0.1, -0.05) is 0 Å². The highest BCUT2D eigenvalue weighted by Crippen LogP contribution is 2.19. The number of aryl methyl sites for hydroxylation is 1.